The summed E-state index contributed by atoms with van der Waals surface area (Å²) in [6, 6.07) is 11.8. The Kier molecular flexibility index (Phi) is 17.1. The summed E-state index contributed by atoms with van der Waals surface area (Å²) in [6.07, 6.45) is 14.4. The van der Waals surface area contributed by atoms with Gasteiger partial charge < -0.3 is 9.04 Å². The number of aromatic nitrogens is 2. The topological polar surface area (TPSA) is 108 Å². The van der Waals surface area contributed by atoms with Crippen molar-refractivity contribution in [2.24, 2.45) is 9.98 Å². The third-order valence-electron chi connectivity index (χ3n) is 8.31. The minimum absolute atomic E-state index is 0.0519. The van der Waals surface area contributed by atoms with E-state index in [2.05, 4.69) is 47.6 Å². The zero-order valence-corrected chi connectivity index (χ0v) is 30.9. The zero-order valence-electron chi connectivity index (χ0n) is 30.1. The first-order chi connectivity index (χ1) is 22.4. The van der Waals surface area contributed by atoms with Gasteiger partial charge in [-0.05, 0) is 107 Å². The third-order valence-corrected chi connectivity index (χ3v) is 9.18. The van der Waals surface area contributed by atoms with Gasteiger partial charge in [0.15, 0.2) is 0 Å². The van der Waals surface area contributed by atoms with Crippen LogP contribution in [0.25, 0.3) is 0 Å². The van der Waals surface area contributed by atoms with Gasteiger partial charge in [0.2, 0.25) is 0 Å². The van der Waals surface area contributed by atoms with Gasteiger partial charge in [-0.25, -0.2) is 8.42 Å². The summed E-state index contributed by atoms with van der Waals surface area (Å²) in [6.45, 7) is 22.4. The number of quaternary nitrogens is 1. The zero-order chi connectivity index (χ0) is 34.9. The normalized spacial score (nSPS) is 12.5. The van der Waals surface area contributed by atoms with Gasteiger partial charge in [-0.1, -0.05) is 53.4 Å². The van der Waals surface area contributed by atoms with E-state index in [-0.39, 0.29) is 5.69 Å². The first-order valence-corrected chi connectivity index (χ1v) is 18.7. The Morgan fingerprint density at radius 1 is 0.681 bits per heavy atom. The van der Waals surface area contributed by atoms with Crippen molar-refractivity contribution in [2.45, 2.75) is 112 Å². The molecule has 1 aromatic carbocycles. The van der Waals surface area contributed by atoms with Crippen LogP contribution in [-0.4, -0.2) is 65.0 Å². The largest absolute Gasteiger partial charge is 0.744 e. The molecule has 8 nitrogen and oxygen atoms in total. The van der Waals surface area contributed by atoms with Gasteiger partial charge >= 0.3 is 0 Å². The van der Waals surface area contributed by atoms with E-state index in [1.807, 2.05) is 38.1 Å². The van der Waals surface area contributed by atoms with Crippen molar-refractivity contribution >= 4 is 32.9 Å². The standard InChI is InChI=1S/C22H22N4O3S.C16H36N/c1-14-7-9-23-20(11-14)16(3)25-18-5-6-19(22(13-18)30(27,28)29)26-17(4)21-12-15(2)8-10-24-21;1-5-9-13-17(14-10-6-2,15-11-7-3)16-12-8-4/h5-13H,1-4H3,(H,27,28,29);5-16H2,1-4H3/q;+1/p-1. The van der Waals surface area contributed by atoms with E-state index >= 15 is 0 Å². The Morgan fingerprint density at radius 2 is 1.11 bits per heavy atom. The number of aliphatic imine (C=N–C) groups is 2. The lowest BCUT2D eigenvalue weighted by Crippen LogP contribution is -2.50. The third kappa shape index (κ3) is 13.8. The molecular weight excluding hydrogens is 607 g/mol. The maximum atomic E-state index is 11.9. The monoisotopic (exact) mass is 663 g/mol. The lowest BCUT2D eigenvalue weighted by molar-refractivity contribution is -0.929. The SMILES string of the molecule is CC(=Nc1ccc(N=C(C)c2cc(C)ccn2)c(S(=O)(=O)[O-])c1)c1cc(C)ccn1.CCCC[N+](CCCC)(CCCC)CCCC. The summed E-state index contributed by atoms with van der Waals surface area (Å²) < 4.78 is 37.1. The van der Waals surface area contributed by atoms with Crippen molar-refractivity contribution < 1.29 is 17.5 Å². The highest BCUT2D eigenvalue weighted by Gasteiger charge is 2.24. The molecule has 9 heteroatoms. The van der Waals surface area contributed by atoms with Crippen LogP contribution in [0, 0.1) is 13.8 Å². The molecule has 0 fully saturated rings. The number of unbranched alkanes of at least 4 members (excludes halogenated alkanes) is 4. The molecule has 3 rings (SSSR count). The first-order valence-electron chi connectivity index (χ1n) is 17.3. The van der Waals surface area contributed by atoms with E-state index in [1.165, 1.54) is 94.2 Å². The van der Waals surface area contributed by atoms with Crippen LogP contribution in [0.2, 0.25) is 0 Å². The molecule has 0 aliphatic carbocycles. The predicted molar refractivity (Wildman–Crippen MR) is 195 cm³/mol. The Labute approximate surface area is 284 Å². The maximum absolute atomic E-state index is 11.9. The molecule has 0 N–H and O–H groups in total. The van der Waals surface area contributed by atoms with Crippen LogP contribution in [0.3, 0.4) is 0 Å². The molecule has 258 valence electrons. The minimum Gasteiger partial charge on any atom is -0.744 e. The fourth-order valence-electron chi connectivity index (χ4n) is 5.47. The van der Waals surface area contributed by atoms with Crippen molar-refractivity contribution in [3.63, 3.8) is 0 Å². The highest BCUT2D eigenvalue weighted by molar-refractivity contribution is 7.86. The molecule has 0 aliphatic heterocycles. The van der Waals surface area contributed by atoms with Crippen LogP contribution in [0.1, 0.15) is 115 Å². The number of hydrogen-bond acceptors (Lipinski definition) is 7. The minimum atomic E-state index is -4.76. The number of rotatable bonds is 17. The van der Waals surface area contributed by atoms with E-state index in [0.29, 0.717) is 28.5 Å². The van der Waals surface area contributed by atoms with E-state index in [1.54, 1.807) is 32.3 Å². The second-order valence-electron chi connectivity index (χ2n) is 12.6. The lowest BCUT2D eigenvalue weighted by atomic mass is 10.1. The molecule has 0 amide bonds. The Hall–Kier alpha value is -3.27. The first kappa shape index (κ1) is 39.9. The van der Waals surface area contributed by atoms with Crippen LogP contribution in [0.4, 0.5) is 11.4 Å². The fraction of sp³-hybridized carbons (Fsp3) is 0.526. The highest BCUT2D eigenvalue weighted by atomic mass is 32.2. The van der Waals surface area contributed by atoms with E-state index in [0.717, 1.165) is 11.1 Å². The van der Waals surface area contributed by atoms with Gasteiger partial charge in [0.1, 0.15) is 10.1 Å². The molecule has 0 radical (unpaired) electrons. The van der Waals surface area contributed by atoms with Gasteiger partial charge in [0.25, 0.3) is 0 Å². The summed E-state index contributed by atoms with van der Waals surface area (Å²) in [5, 5.41) is 0. The highest BCUT2D eigenvalue weighted by Crippen LogP contribution is 2.30. The Balaban J connectivity index is 0.000000387. The quantitative estimate of drug-likeness (QED) is 0.0813. The van der Waals surface area contributed by atoms with Crippen molar-refractivity contribution in [1.29, 1.82) is 0 Å². The number of aryl methyl sites for hydroxylation is 2. The average molecular weight is 664 g/mol. The van der Waals surface area contributed by atoms with Gasteiger partial charge in [-0.15, -0.1) is 0 Å². The van der Waals surface area contributed by atoms with Crippen LogP contribution < -0.4 is 0 Å². The molecule has 0 spiro atoms. The van der Waals surface area contributed by atoms with E-state index < -0.39 is 15.0 Å². The smallest absolute Gasteiger partial charge is 0.126 e. The van der Waals surface area contributed by atoms with Gasteiger partial charge in [0.05, 0.1) is 65.3 Å². The molecule has 0 saturated carbocycles. The van der Waals surface area contributed by atoms with Crippen molar-refractivity contribution in [3.8, 4) is 0 Å². The Morgan fingerprint density at radius 3 is 1.49 bits per heavy atom. The van der Waals surface area contributed by atoms with Crippen molar-refractivity contribution in [2.75, 3.05) is 26.2 Å². The summed E-state index contributed by atoms with van der Waals surface area (Å²) in [4.78, 5) is 16.8. The fourth-order valence-corrected chi connectivity index (χ4v) is 6.10. The molecule has 47 heavy (non-hydrogen) atoms. The van der Waals surface area contributed by atoms with Crippen molar-refractivity contribution in [1.82, 2.24) is 9.97 Å². The molecule has 0 atom stereocenters. The van der Waals surface area contributed by atoms with Gasteiger partial charge in [0, 0.05) is 12.4 Å². The van der Waals surface area contributed by atoms with E-state index in [9.17, 15) is 13.0 Å². The van der Waals surface area contributed by atoms with Crippen LogP contribution in [0.5, 0.6) is 0 Å². The number of hydrogen-bond donors (Lipinski definition) is 0. The van der Waals surface area contributed by atoms with Crippen LogP contribution in [-0.2, 0) is 10.1 Å². The molecule has 0 saturated heterocycles. The van der Waals surface area contributed by atoms with Crippen molar-refractivity contribution in [3.05, 3.63) is 77.4 Å². The van der Waals surface area contributed by atoms with Gasteiger partial charge in [-0.2, -0.15) is 0 Å². The second-order valence-corrected chi connectivity index (χ2v) is 13.9. The Bertz CT molecular complexity index is 1530. The van der Waals surface area contributed by atoms with Gasteiger partial charge in [-0.3, -0.25) is 20.0 Å². The summed E-state index contributed by atoms with van der Waals surface area (Å²) in [7, 11) is -4.76. The molecule has 3 aromatic rings. The molecule has 0 aliphatic rings. The average Bonchev–Trinajstić information content (AvgIpc) is 3.04. The molecule has 2 aromatic heterocycles. The molecular formula is C38H57N5O3S. The number of pyridine rings is 2. The lowest BCUT2D eigenvalue weighted by Gasteiger charge is -2.39. The number of benzene rings is 1. The van der Waals surface area contributed by atoms with Crippen LogP contribution in [0.15, 0.2) is 69.7 Å². The summed E-state index contributed by atoms with van der Waals surface area (Å²) >= 11 is 0. The second kappa shape index (κ2) is 20.2. The predicted octanol–water partition coefficient (Wildman–Crippen LogP) is 9.28. The molecule has 2 heterocycles. The molecule has 0 bridgehead atoms. The molecule has 0 unspecified atom stereocenters. The summed E-state index contributed by atoms with van der Waals surface area (Å²) in [5.41, 5.74) is 4.78. The maximum Gasteiger partial charge on any atom is 0.126 e. The number of nitrogens with zero attached hydrogens (tertiary/aromatic N) is 5. The van der Waals surface area contributed by atoms with E-state index in [4.69, 9.17) is 0 Å². The summed E-state index contributed by atoms with van der Waals surface area (Å²) in [5.74, 6) is 0. The van der Waals surface area contributed by atoms with Crippen LogP contribution >= 0.6 is 0 Å².